The molecular formula is C7H18O4P2. The van der Waals surface area contributed by atoms with Gasteiger partial charge in [0.05, 0.1) is 12.7 Å². The van der Waals surface area contributed by atoms with Crippen molar-refractivity contribution in [2.45, 2.75) is 13.0 Å². The third-order valence-electron chi connectivity index (χ3n) is 1.05. The Morgan fingerprint density at radius 3 is 1.85 bits per heavy atom. The van der Waals surface area contributed by atoms with Crippen LogP contribution in [0.1, 0.15) is 6.92 Å². The van der Waals surface area contributed by atoms with E-state index in [1.54, 1.807) is 20.3 Å². The maximum absolute atomic E-state index is 11.2. The lowest BCUT2D eigenvalue weighted by molar-refractivity contribution is 0.151. The quantitative estimate of drug-likeness (QED) is 0.678. The molecule has 0 aliphatic heterocycles. The summed E-state index contributed by atoms with van der Waals surface area (Å²) in [7, 11) is -4.93. The van der Waals surface area contributed by atoms with E-state index in [-0.39, 0.29) is 12.7 Å². The van der Waals surface area contributed by atoms with Crippen LogP contribution in [-0.4, -0.2) is 39.4 Å². The van der Waals surface area contributed by atoms with Gasteiger partial charge in [-0.15, -0.1) is 0 Å². The summed E-state index contributed by atoms with van der Waals surface area (Å²) in [5.41, 5.74) is 0. The van der Waals surface area contributed by atoms with Crippen molar-refractivity contribution < 1.29 is 18.2 Å². The predicted octanol–water partition coefficient (Wildman–Crippen LogP) is 2.48. The number of hydrogen-bond acceptors (Lipinski definition) is 4. The molecular weight excluding hydrogens is 210 g/mol. The molecule has 80 valence electrons. The minimum Gasteiger partial charge on any atom is -0.326 e. The van der Waals surface area contributed by atoms with Gasteiger partial charge in [0.25, 0.3) is 0 Å². The van der Waals surface area contributed by atoms with Crippen molar-refractivity contribution in [2.24, 2.45) is 0 Å². The standard InChI is InChI=1S/C7H18O4P2/c1-7(11-13(4,5)9)6-10-12(2,3)8/h7H,6H2,1-5H3. The van der Waals surface area contributed by atoms with Gasteiger partial charge in [-0.05, 0) is 6.92 Å². The molecule has 0 aromatic carbocycles. The van der Waals surface area contributed by atoms with Crippen LogP contribution >= 0.6 is 14.7 Å². The van der Waals surface area contributed by atoms with E-state index in [2.05, 4.69) is 0 Å². The first-order chi connectivity index (χ1) is 5.60. The highest BCUT2D eigenvalue weighted by molar-refractivity contribution is 7.57. The van der Waals surface area contributed by atoms with Crippen molar-refractivity contribution in [3.63, 3.8) is 0 Å². The Bertz CT molecular complexity index is 239. The summed E-state index contributed by atoms with van der Waals surface area (Å²) >= 11 is 0. The molecule has 0 radical (unpaired) electrons. The summed E-state index contributed by atoms with van der Waals surface area (Å²) in [6, 6.07) is 0. The van der Waals surface area contributed by atoms with Gasteiger partial charge in [-0.25, -0.2) is 0 Å². The van der Waals surface area contributed by atoms with Crippen LogP contribution in [0, 0.1) is 0 Å². The van der Waals surface area contributed by atoms with E-state index >= 15 is 0 Å². The van der Waals surface area contributed by atoms with Crippen LogP contribution in [0.3, 0.4) is 0 Å². The Balaban J connectivity index is 3.84. The summed E-state index contributed by atoms with van der Waals surface area (Å²) < 4.78 is 32.5. The molecule has 0 rings (SSSR count). The van der Waals surface area contributed by atoms with E-state index in [0.717, 1.165) is 0 Å². The van der Waals surface area contributed by atoms with Crippen LogP contribution in [0.2, 0.25) is 0 Å². The molecule has 0 aromatic rings. The van der Waals surface area contributed by atoms with Crippen LogP contribution in [0.5, 0.6) is 0 Å². The Morgan fingerprint density at radius 1 is 1.08 bits per heavy atom. The van der Waals surface area contributed by atoms with Gasteiger partial charge in [0.1, 0.15) is 0 Å². The second-order valence-electron chi connectivity index (χ2n) is 3.72. The highest BCUT2D eigenvalue weighted by Gasteiger charge is 2.16. The molecule has 0 aliphatic rings. The lowest BCUT2D eigenvalue weighted by Gasteiger charge is -2.17. The molecule has 0 fully saturated rings. The second-order valence-corrected chi connectivity index (χ2v) is 9.19. The maximum Gasteiger partial charge on any atom is 0.197 e. The molecule has 0 amide bonds. The van der Waals surface area contributed by atoms with Crippen LogP contribution in [0.15, 0.2) is 0 Å². The second kappa shape index (κ2) is 4.75. The summed E-state index contributed by atoms with van der Waals surface area (Å²) in [5, 5.41) is 0. The van der Waals surface area contributed by atoms with Gasteiger partial charge in [0, 0.05) is 26.7 Å². The van der Waals surface area contributed by atoms with Crippen LogP contribution in [0.25, 0.3) is 0 Å². The van der Waals surface area contributed by atoms with Gasteiger partial charge in [0.15, 0.2) is 14.7 Å². The minimum atomic E-state index is -2.47. The first-order valence-corrected chi connectivity index (χ1v) is 9.07. The van der Waals surface area contributed by atoms with Gasteiger partial charge in [-0.2, -0.15) is 0 Å². The third-order valence-corrected chi connectivity index (χ3v) is 2.69. The average molecular weight is 228 g/mol. The zero-order valence-corrected chi connectivity index (χ0v) is 10.6. The SMILES string of the molecule is CC(COP(C)(C)=O)OP(C)(C)=O. The molecule has 13 heavy (non-hydrogen) atoms. The predicted molar refractivity (Wildman–Crippen MR) is 55.4 cm³/mol. The van der Waals surface area contributed by atoms with Gasteiger partial charge in [0.2, 0.25) is 0 Å². The first kappa shape index (κ1) is 13.4. The lowest BCUT2D eigenvalue weighted by Crippen LogP contribution is -2.13. The summed E-state index contributed by atoms with van der Waals surface area (Å²) in [4.78, 5) is 0. The molecule has 0 spiro atoms. The zero-order chi connectivity index (χ0) is 10.7. The van der Waals surface area contributed by atoms with E-state index in [0.29, 0.717) is 0 Å². The normalized spacial score (nSPS) is 15.8. The summed E-state index contributed by atoms with van der Waals surface area (Å²) in [5.74, 6) is 0. The Hall–Kier alpha value is 0.380. The van der Waals surface area contributed by atoms with Gasteiger partial charge in [-0.3, -0.25) is 9.13 Å². The molecule has 0 saturated carbocycles. The maximum atomic E-state index is 11.2. The Kier molecular flexibility index (Phi) is 4.88. The van der Waals surface area contributed by atoms with Crippen LogP contribution < -0.4 is 0 Å². The van der Waals surface area contributed by atoms with Gasteiger partial charge < -0.3 is 9.05 Å². The van der Waals surface area contributed by atoms with E-state index < -0.39 is 14.7 Å². The highest BCUT2D eigenvalue weighted by atomic mass is 31.2. The van der Waals surface area contributed by atoms with E-state index in [1.807, 2.05) is 0 Å². The van der Waals surface area contributed by atoms with Crippen molar-refractivity contribution in [3.05, 3.63) is 0 Å². The Labute approximate surface area is 79.9 Å². The first-order valence-electron chi connectivity index (χ1n) is 4.03. The van der Waals surface area contributed by atoms with Crippen LogP contribution in [-0.2, 0) is 18.2 Å². The smallest absolute Gasteiger partial charge is 0.197 e. The minimum absolute atomic E-state index is 0.218. The fourth-order valence-electron chi connectivity index (χ4n) is 0.748. The summed E-state index contributed by atoms with van der Waals surface area (Å²) in [6.07, 6.45) is -0.283. The molecule has 0 aromatic heterocycles. The number of hydrogen-bond donors (Lipinski definition) is 0. The molecule has 1 atom stereocenters. The molecule has 0 heterocycles. The van der Waals surface area contributed by atoms with Crippen molar-refractivity contribution in [2.75, 3.05) is 33.3 Å². The lowest BCUT2D eigenvalue weighted by atomic mass is 10.5. The molecule has 0 aliphatic carbocycles. The largest absolute Gasteiger partial charge is 0.326 e. The van der Waals surface area contributed by atoms with Crippen molar-refractivity contribution in [1.29, 1.82) is 0 Å². The third kappa shape index (κ3) is 10.3. The van der Waals surface area contributed by atoms with Gasteiger partial charge >= 0.3 is 0 Å². The van der Waals surface area contributed by atoms with Crippen molar-refractivity contribution in [1.82, 2.24) is 0 Å². The number of rotatable bonds is 5. The molecule has 6 heteroatoms. The van der Waals surface area contributed by atoms with Crippen molar-refractivity contribution in [3.8, 4) is 0 Å². The van der Waals surface area contributed by atoms with Gasteiger partial charge in [-0.1, -0.05) is 0 Å². The monoisotopic (exact) mass is 228 g/mol. The molecule has 0 N–H and O–H groups in total. The highest BCUT2D eigenvalue weighted by Crippen LogP contribution is 2.41. The fraction of sp³-hybridized carbons (Fsp3) is 1.00. The topological polar surface area (TPSA) is 52.6 Å². The van der Waals surface area contributed by atoms with E-state index in [4.69, 9.17) is 9.05 Å². The zero-order valence-electron chi connectivity index (χ0n) is 8.81. The molecule has 4 nitrogen and oxygen atoms in total. The Morgan fingerprint density at radius 2 is 1.54 bits per heavy atom. The fourth-order valence-corrected chi connectivity index (χ4v) is 2.24. The molecule has 1 unspecified atom stereocenters. The van der Waals surface area contributed by atoms with Crippen LogP contribution in [0.4, 0.5) is 0 Å². The van der Waals surface area contributed by atoms with E-state index in [1.165, 1.54) is 13.3 Å². The summed E-state index contributed by atoms with van der Waals surface area (Å²) in [6.45, 7) is 8.13. The average Bonchev–Trinajstić information content (AvgIpc) is 1.78. The van der Waals surface area contributed by atoms with E-state index in [9.17, 15) is 9.13 Å². The van der Waals surface area contributed by atoms with Crippen molar-refractivity contribution >= 4 is 14.7 Å². The molecule has 0 saturated heterocycles. The molecule has 0 bridgehead atoms.